The topological polar surface area (TPSA) is 50.3 Å². The molecule has 1 heterocycles. The van der Waals surface area contributed by atoms with E-state index in [1.54, 1.807) is 0 Å². The van der Waals surface area contributed by atoms with E-state index in [-0.39, 0.29) is 6.04 Å². The highest BCUT2D eigenvalue weighted by Gasteiger charge is 2.19. The van der Waals surface area contributed by atoms with Crippen LogP contribution in [0, 0.1) is 0 Å². The second-order valence-corrected chi connectivity index (χ2v) is 5.88. The molecule has 2 N–H and O–H groups in total. The van der Waals surface area contributed by atoms with E-state index in [9.17, 15) is 0 Å². The zero-order chi connectivity index (χ0) is 15.1. The molecule has 1 rings (SSSR count). The van der Waals surface area contributed by atoms with Gasteiger partial charge in [0.25, 0.3) is 0 Å². The van der Waals surface area contributed by atoms with E-state index in [0.717, 1.165) is 26.1 Å². The first-order chi connectivity index (χ1) is 9.49. The minimum atomic E-state index is 0.273. The molecular weight excluding hydrogens is 250 g/mol. The van der Waals surface area contributed by atoms with E-state index in [2.05, 4.69) is 56.0 Å². The summed E-state index contributed by atoms with van der Waals surface area (Å²) in [7, 11) is 4.23. The molecule has 0 spiro atoms. The summed E-state index contributed by atoms with van der Waals surface area (Å²) in [5.74, 6) is 0. The van der Waals surface area contributed by atoms with Gasteiger partial charge in [0.15, 0.2) is 0 Å². The minimum Gasteiger partial charge on any atom is -0.329 e. The van der Waals surface area contributed by atoms with Crippen molar-refractivity contribution in [2.45, 2.75) is 39.3 Å². The monoisotopic (exact) mass is 281 g/mol. The summed E-state index contributed by atoms with van der Waals surface area (Å²) >= 11 is 0. The molecule has 0 aliphatic rings. The van der Waals surface area contributed by atoms with Crippen LogP contribution in [0.25, 0.3) is 0 Å². The van der Waals surface area contributed by atoms with Crippen molar-refractivity contribution >= 4 is 0 Å². The molecule has 0 aliphatic heterocycles. The maximum Gasteiger partial charge on any atom is 0.0538 e. The highest BCUT2D eigenvalue weighted by molar-refractivity contribution is 5.11. The zero-order valence-electron chi connectivity index (χ0n) is 13.7. The largest absolute Gasteiger partial charge is 0.329 e. The van der Waals surface area contributed by atoms with Crippen LogP contribution in [0.2, 0.25) is 0 Å². The summed E-state index contributed by atoms with van der Waals surface area (Å²) in [6, 6.07) is 0.667. The summed E-state index contributed by atoms with van der Waals surface area (Å²) in [6.45, 7) is 10.3. The molecule has 1 aromatic heterocycles. The molecule has 20 heavy (non-hydrogen) atoms. The van der Waals surface area contributed by atoms with Crippen LogP contribution >= 0.6 is 0 Å². The third kappa shape index (κ3) is 4.89. The van der Waals surface area contributed by atoms with Crippen molar-refractivity contribution in [1.29, 1.82) is 0 Å². The predicted octanol–water partition coefficient (Wildman–Crippen LogP) is 1.74. The van der Waals surface area contributed by atoms with E-state index in [1.807, 2.05) is 10.9 Å². The standard InChI is InChI=1S/C15H31N5/c1-6-19(9-7-8-18(4)5)15(10-16)14-11-17-20(12-14)13(2)3/h11-13,15H,6-10,16H2,1-5H3. The first-order valence-corrected chi connectivity index (χ1v) is 7.62. The fraction of sp³-hybridized carbons (Fsp3) is 0.800. The van der Waals surface area contributed by atoms with Crippen LogP contribution in [0.3, 0.4) is 0 Å². The molecule has 1 aromatic rings. The highest BCUT2D eigenvalue weighted by Crippen LogP contribution is 2.20. The molecule has 0 aromatic carbocycles. The van der Waals surface area contributed by atoms with E-state index in [0.29, 0.717) is 12.6 Å². The Kier molecular flexibility index (Phi) is 7.19. The van der Waals surface area contributed by atoms with Gasteiger partial charge in [-0.1, -0.05) is 6.92 Å². The Morgan fingerprint density at radius 1 is 1.30 bits per heavy atom. The fourth-order valence-corrected chi connectivity index (χ4v) is 2.43. The molecule has 0 saturated carbocycles. The van der Waals surface area contributed by atoms with Crippen molar-refractivity contribution in [1.82, 2.24) is 19.6 Å². The Bertz CT molecular complexity index is 372. The number of nitrogens with two attached hydrogens (primary N) is 1. The van der Waals surface area contributed by atoms with Crippen LogP contribution in [-0.4, -0.2) is 59.9 Å². The summed E-state index contributed by atoms with van der Waals surface area (Å²) in [5, 5.41) is 4.44. The minimum absolute atomic E-state index is 0.273. The molecule has 0 fully saturated rings. The van der Waals surface area contributed by atoms with E-state index >= 15 is 0 Å². The third-order valence-electron chi connectivity index (χ3n) is 3.66. The molecule has 116 valence electrons. The number of aromatic nitrogens is 2. The normalized spacial score (nSPS) is 13.7. The summed E-state index contributed by atoms with van der Waals surface area (Å²) in [4.78, 5) is 4.67. The molecule has 0 aliphatic carbocycles. The Labute approximate surface area is 123 Å². The zero-order valence-corrected chi connectivity index (χ0v) is 13.7. The number of hydrogen-bond donors (Lipinski definition) is 1. The Balaban J connectivity index is 2.69. The molecule has 1 atom stereocenters. The van der Waals surface area contributed by atoms with Crippen molar-refractivity contribution in [3.63, 3.8) is 0 Å². The van der Waals surface area contributed by atoms with Gasteiger partial charge in [-0.15, -0.1) is 0 Å². The van der Waals surface area contributed by atoms with Crippen LogP contribution in [0.1, 0.15) is 44.8 Å². The molecule has 5 nitrogen and oxygen atoms in total. The van der Waals surface area contributed by atoms with Gasteiger partial charge in [-0.05, 0) is 47.5 Å². The van der Waals surface area contributed by atoms with Crippen LogP contribution in [0.15, 0.2) is 12.4 Å². The van der Waals surface area contributed by atoms with Gasteiger partial charge in [0.1, 0.15) is 0 Å². The van der Waals surface area contributed by atoms with Gasteiger partial charge in [-0.3, -0.25) is 9.58 Å². The Morgan fingerprint density at radius 3 is 2.45 bits per heavy atom. The van der Waals surface area contributed by atoms with E-state index in [1.165, 1.54) is 5.56 Å². The van der Waals surface area contributed by atoms with Crippen molar-refractivity contribution in [3.05, 3.63) is 18.0 Å². The average molecular weight is 281 g/mol. The Morgan fingerprint density at radius 2 is 2.00 bits per heavy atom. The lowest BCUT2D eigenvalue weighted by Crippen LogP contribution is -2.35. The lowest BCUT2D eigenvalue weighted by molar-refractivity contribution is 0.201. The van der Waals surface area contributed by atoms with Crippen molar-refractivity contribution in [2.24, 2.45) is 5.73 Å². The SMILES string of the molecule is CCN(CCCN(C)C)C(CN)c1cnn(C(C)C)c1. The van der Waals surface area contributed by atoms with Crippen molar-refractivity contribution in [3.8, 4) is 0 Å². The molecule has 0 amide bonds. The number of nitrogens with zero attached hydrogens (tertiary/aromatic N) is 4. The molecule has 0 saturated heterocycles. The van der Waals surface area contributed by atoms with Gasteiger partial charge in [-0.2, -0.15) is 5.10 Å². The number of rotatable bonds is 9. The highest BCUT2D eigenvalue weighted by atomic mass is 15.3. The van der Waals surface area contributed by atoms with Crippen LogP contribution in [0.4, 0.5) is 0 Å². The molecule has 5 heteroatoms. The fourth-order valence-electron chi connectivity index (χ4n) is 2.43. The van der Waals surface area contributed by atoms with E-state index < -0.39 is 0 Å². The number of hydrogen-bond acceptors (Lipinski definition) is 4. The first-order valence-electron chi connectivity index (χ1n) is 7.62. The van der Waals surface area contributed by atoms with Gasteiger partial charge in [0.05, 0.1) is 12.2 Å². The number of likely N-dealkylation sites (N-methyl/N-ethyl adjacent to an activating group) is 1. The van der Waals surface area contributed by atoms with Gasteiger partial charge < -0.3 is 10.6 Å². The lowest BCUT2D eigenvalue weighted by Gasteiger charge is -2.29. The molecule has 0 bridgehead atoms. The maximum absolute atomic E-state index is 6.01. The van der Waals surface area contributed by atoms with Gasteiger partial charge in [-0.25, -0.2) is 0 Å². The lowest BCUT2D eigenvalue weighted by atomic mass is 10.1. The molecule has 1 unspecified atom stereocenters. The van der Waals surface area contributed by atoms with Crippen molar-refractivity contribution in [2.75, 3.05) is 40.3 Å². The third-order valence-corrected chi connectivity index (χ3v) is 3.66. The van der Waals surface area contributed by atoms with Gasteiger partial charge in [0.2, 0.25) is 0 Å². The van der Waals surface area contributed by atoms with Crippen LogP contribution in [0.5, 0.6) is 0 Å². The summed E-state index contributed by atoms with van der Waals surface area (Å²) in [5.41, 5.74) is 7.24. The maximum atomic E-state index is 6.01. The van der Waals surface area contributed by atoms with Crippen LogP contribution in [-0.2, 0) is 0 Å². The Hall–Kier alpha value is -0.910. The second-order valence-electron chi connectivity index (χ2n) is 5.88. The smallest absolute Gasteiger partial charge is 0.0538 e. The van der Waals surface area contributed by atoms with Gasteiger partial charge >= 0.3 is 0 Å². The molecule has 0 radical (unpaired) electrons. The predicted molar refractivity (Wildman–Crippen MR) is 84.8 cm³/mol. The summed E-state index contributed by atoms with van der Waals surface area (Å²) in [6.07, 6.45) is 5.26. The van der Waals surface area contributed by atoms with Gasteiger partial charge in [0, 0.05) is 30.9 Å². The second kappa shape index (κ2) is 8.39. The first kappa shape index (κ1) is 17.1. The average Bonchev–Trinajstić information content (AvgIpc) is 2.87. The van der Waals surface area contributed by atoms with Crippen molar-refractivity contribution < 1.29 is 0 Å². The quantitative estimate of drug-likeness (QED) is 0.749. The van der Waals surface area contributed by atoms with Crippen LogP contribution < -0.4 is 5.73 Å². The van der Waals surface area contributed by atoms with E-state index in [4.69, 9.17) is 5.73 Å². The summed E-state index contributed by atoms with van der Waals surface area (Å²) < 4.78 is 2.01. The molecular formula is C15H31N5.